The minimum absolute atomic E-state index is 0. The molecule has 3 nitrogen and oxygen atoms in total. The molecule has 26 heavy (non-hydrogen) atoms. The molecular weight excluding hydrogens is 344 g/mol. The summed E-state index contributed by atoms with van der Waals surface area (Å²) in [6, 6.07) is 18.9. The third-order valence-electron chi connectivity index (χ3n) is 4.45. The van der Waals surface area contributed by atoms with Crippen molar-refractivity contribution in [2.75, 3.05) is 6.54 Å². The second-order valence-electron chi connectivity index (χ2n) is 6.74. The molecule has 136 valence electrons. The molecule has 0 aliphatic rings. The quantitative estimate of drug-likeness (QED) is 0.635. The van der Waals surface area contributed by atoms with E-state index in [1.807, 2.05) is 35.2 Å². The van der Waals surface area contributed by atoms with Gasteiger partial charge in [0.05, 0.1) is 0 Å². The SMILES string of the molecule is CC(C)c1ccc(CCNC(=O)C[n+]2ccc3ccccc3c2)cc1.[Cl-]. The van der Waals surface area contributed by atoms with Crippen LogP contribution in [0.4, 0.5) is 0 Å². The predicted octanol–water partition coefficient (Wildman–Crippen LogP) is 0.614. The molecule has 2 aromatic carbocycles. The summed E-state index contributed by atoms with van der Waals surface area (Å²) >= 11 is 0. The van der Waals surface area contributed by atoms with Crippen LogP contribution < -0.4 is 22.3 Å². The van der Waals surface area contributed by atoms with Crippen LogP contribution in [-0.4, -0.2) is 12.5 Å². The zero-order valence-electron chi connectivity index (χ0n) is 15.3. The van der Waals surface area contributed by atoms with E-state index in [2.05, 4.69) is 55.6 Å². The number of hydrogen-bond acceptors (Lipinski definition) is 1. The molecule has 0 fully saturated rings. The standard InChI is InChI=1S/C22H24N2O.ClH/c1-17(2)19-9-7-18(8-10-19)11-13-23-22(25)16-24-14-12-20-5-3-4-6-21(20)15-24;/h3-10,12,14-15,17H,11,13,16H2,1-2H3;1H. The Bertz CT molecular complexity index is 859. The predicted molar refractivity (Wildman–Crippen MR) is 101 cm³/mol. The van der Waals surface area contributed by atoms with Crippen molar-refractivity contribution in [1.82, 2.24) is 5.32 Å². The average molecular weight is 369 g/mol. The summed E-state index contributed by atoms with van der Waals surface area (Å²) in [6.07, 6.45) is 4.82. The maximum atomic E-state index is 12.2. The first kappa shape index (κ1) is 19.9. The minimum atomic E-state index is 0. The molecule has 0 spiro atoms. The van der Waals surface area contributed by atoms with Gasteiger partial charge >= 0.3 is 0 Å². The number of nitrogens with zero attached hydrogens (tertiary/aromatic N) is 1. The lowest BCUT2D eigenvalue weighted by Crippen LogP contribution is -3.00. The highest BCUT2D eigenvalue weighted by molar-refractivity contribution is 5.80. The number of fused-ring (bicyclic) bond motifs is 1. The summed E-state index contributed by atoms with van der Waals surface area (Å²) in [7, 11) is 0. The van der Waals surface area contributed by atoms with Gasteiger partial charge in [0.2, 0.25) is 6.54 Å². The smallest absolute Gasteiger partial charge is 0.285 e. The molecule has 3 aromatic rings. The van der Waals surface area contributed by atoms with Crippen molar-refractivity contribution in [2.45, 2.75) is 32.7 Å². The van der Waals surface area contributed by atoms with Crippen molar-refractivity contribution < 1.29 is 21.8 Å². The summed E-state index contributed by atoms with van der Waals surface area (Å²) in [5, 5.41) is 5.33. The van der Waals surface area contributed by atoms with E-state index in [1.54, 1.807) is 0 Å². The largest absolute Gasteiger partial charge is 1.00 e. The van der Waals surface area contributed by atoms with Gasteiger partial charge < -0.3 is 17.7 Å². The van der Waals surface area contributed by atoms with Crippen molar-refractivity contribution in [3.8, 4) is 0 Å². The lowest BCUT2D eigenvalue weighted by molar-refractivity contribution is -0.683. The molecule has 0 unspecified atom stereocenters. The number of pyridine rings is 1. The minimum Gasteiger partial charge on any atom is -1.00 e. The van der Waals surface area contributed by atoms with Gasteiger partial charge in [-0.1, -0.05) is 56.3 Å². The fourth-order valence-corrected chi connectivity index (χ4v) is 2.91. The Balaban J connectivity index is 0.00000243. The number of benzene rings is 2. The van der Waals surface area contributed by atoms with E-state index in [0.717, 1.165) is 11.8 Å². The van der Waals surface area contributed by atoms with Crippen molar-refractivity contribution in [3.05, 3.63) is 78.1 Å². The first-order valence-corrected chi connectivity index (χ1v) is 8.85. The van der Waals surface area contributed by atoms with Crippen LogP contribution in [0.25, 0.3) is 10.8 Å². The molecule has 0 saturated carbocycles. The molecule has 1 aromatic heterocycles. The molecule has 0 aliphatic carbocycles. The third-order valence-corrected chi connectivity index (χ3v) is 4.45. The van der Waals surface area contributed by atoms with E-state index in [1.165, 1.54) is 16.5 Å². The van der Waals surface area contributed by atoms with Crippen LogP contribution >= 0.6 is 0 Å². The molecule has 0 atom stereocenters. The zero-order chi connectivity index (χ0) is 17.6. The highest BCUT2D eigenvalue weighted by Gasteiger charge is 2.09. The van der Waals surface area contributed by atoms with Gasteiger partial charge in [-0.15, -0.1) is 0 Å². The van der Waals surface area contributed by atoms with Crippen molar-refractivity contribution in [3.63, 3.8) is 0 Å². The Kier molecular flexibility index (Phi) is 7.16. The molecule has 4 heteroatoms. The van der Waals surface area contributed by atoms with Gasteiger partial charge in [0.15, 0.2) is 12.4 Å². The topological polar surface area (TPSA) is 33.0 Å². The highest BCUT2D eigenvalue weighted by atomic mass is 35.5. The Morgan fingerprint density at radius 3 is 2.38 bits per heavy atom. The van der Waals surface area contributed by atoms with Gasteiger partial charge in [0, 0.05) is 18.0 Å². The van der Waals surface area contributed by atoms with E-state index >= 15 is 0 Å². The first-order valence-electron chi connectivity index (χ1n) is 8.85. The maximum Gasteiger partial charge on any atom is 0.285 e. The fraction of sp³-hybridized carbons (Fsp3) is 0.273. The normalized spacial score (nSPS) is 10.6. The lowest BCUT2D eigenvalue weighted by atomic mass is 10.0. The van der Waals surface area contributed by atoms with Crippen LogP contribution in [-0.2, 0) is 17.8 Å². The number of carbonyl (C=O) groups is 1. The monoisotopic (exact) mass is 368 g/mol. The number of rotatable bonds is 6. The molecule has 0 saturated heterocycles. The lowest BCUT2D eigenvalue weighted by Gasteiger charge is -2.07. The van der Waals surface area contributed by atoms with Crippen LogP contribution in [0.1, 0.15) is 30.9 Å². The van der Waals surface area contributed by atoms with Crippen LogP contribution in [0.3, 0.4) is 0 Å². The summed E-state index contributed by atoms with van der Waals surface area (Å²) in [6.45, 7) is 5.39. The van der Waals surface area contributed by atoms with Gasteiger partial charge in [-0.3, -0.25) is 4.79 Å². The second kappa shape index (κ2) is 9.35. The fourth-order valence-electron chi connectivity index (χ4n) is 2.91. The highest BCUT2D eigenvalue weighted by Crippen LogP contribution is 2.14. The first-order chi connectivity index (χ1) is 12.1. The van der Waals surface area contributed by atoms with E-state index in [0.29, 0.717) is 19.0 Å². The van der Waals surface area contributed by atoms with Gasteiger partial charge in [0.1, 0.15) is 0 Å². The number of hydrogen-bond donors (Lipinski definition) is 1. The number of halogens is 1. The van der Waals surface area contributed by atoms with Crippen LogP contribution in [0.15, 0.2) is 67.0 Å². The maximum absolute atomic E-state index is 12.2. The molecule has 3 rings (SSSR count). The Morgan fingerprint density at radius 2 is 1.69 bits per heavy atom. The molecule has 1 amide bonds. The third kappa shape index (κ3) is 5.30. The molecular formula is C22H25ClN2O. The van der Waals surface area contributed by atoms with Crippen LogP contribution in [0.5, 0.6) is 0 Å². The van der Waals surface area contributed by atoms with Crippen LogP contribution in [0, 0.1) is 0 Å². The Labute approximate surface area is 161 Å². The number of amides is 1. The summed E-state index contributed by atoms with van der Waals surface area (Å²) in [5.74, 6) is 0.590. The second-order valence-corrected chi connectivity index (χ2v) is 6.74. The Hall–Kier alpha value is -2.39. The number of carbonyl (C=O) groups excluding carboxylic acids is 1. The van der Waals surface area contributed by atoms with Crippen molar-refractivity contribution in [2.24, 2.45) is 0 Å². The molecule has 1 N–H and O–H groups in total. The van der Waals surface area contributed by atoms with Crippen molar-refractivity contribution in [1.29, 1.82) is 0 Å². The number of aromatic nitrogens is 1. The van der Waals surface area contributed by atoms with E-state index in [4.69, 9.17) is 0 Å². The van der Waals surface area contributed by atoms with Gasteiger partial charge in [-0.25, -0.2) is 0 Å². The van der Waals surface area contributed by atoms with Crippen LogP contribution in [0.2, 0.25) is 0 Å². The van der Waals surface area contributed by atoms with Gasteiger partial charge in [0.25, 0.3) is 5.91 Å². The summed E-state index contributed by atoms with van der Waals surface area (Å²) < 4.78 is 1.93. The average Bonchev–Trinajstić information content (AvgIpc) is 2.62. The molecule has 0 radical (unpaired) electrons. The van der Waals surface area contributed by atoms with E-state index < -0.39 is 0 Å². The van der Waals surface area contributed by atoms with Gasteiger partial charge in [-0.2, -0.15) is 4.57 Å². The summed E-state index contributed by atoms with van der Waals surface area (Å²) in [5.41, 5.74) is 2.60. The summed E-state index contributed by atoms with van der Waals surface area (Å²) in [4.78, 5) is 12.2. The van der Waals surface area contributed by atoms with Crippen molar-refractivity contribution >= 4 is 16.7 Å². The van der Waals surface area contributed by atoms with Gasteiger partial charge in [-0.05, 0) is 34.9 Å². The zero-order valence-corrected chi connectivity index (χ0v) is 16.0. The Morgan fingerprint density at radius 1 is 1.00 bits per heavy atom. The number of nitrogens with one attached hydrogen (secondary N) is 1. The molecule has 0 aliphatic heterocycles. The van der Waals surface area contributed by atoms with E-state index in [-0.39, 0.29) is 18.3 Å². The van der Waals surface area contributed by atoms with E-state index in [9.17, 15) is 4.79 Å². The molecule has 1 heterocycles. The molecule has 0 bridgehead atoms.